The standard InChI is InChI=1S/C13H18ClN3O3/c1-4-5-17(7-10(18)19)13(20)11-9(14)6-15-12(16-11)8(2)3/h6,8H,4-5,7H2,1-3H3,(H,18,19). The molecule has 0 spiro atoms. The summed E-state index contributed by atoms with van der Waals surface area (Å²) in [6, 6.07) is 0. The van der Waals surface area contributed by atoms with Gasteiger partial charge in [0.25, 0.3) is 5.91 Å². The van der Waals surface area contributed by atoms with E-state index in [2.05, 4.69) is 9.97 Å². The summed E-state index contributed by atoms with van der Waals surface area (Å²) in [4.78, 5) is 32.6. The van der Waals surface area contributed by atoms with E-state index in [0.29, 0.717) is 18.8 Å². The van der Waals surface area contributed by atoms with Crippen molar-refractivity contribution in [3.8, 4) is 0 Å². The smallest absolute Gasteiger partial charge is 0.323 e. The average molecular weight is 300 g/mol. The van der Waals surface area contributed by atoms with Crippen LogP contribution in [-0.2, 0) is 4.79 Å². The Labute approximate surface area is 122 Å². The Morgan fingerprint density at radius 2 is 2.10 bits per heavy atom. The second-order valence-corrected chi connectivity index (χ2v) is 5.11. The molecule has 1 aromatic heterocycles. The van der Waals surface area contributed by atoms with Crippen LogP contribution in [0, 0.1) is 0 Å². The van der Waals surface area contributed by atoms with E-state index < -0.39 is 11.9 Å². The number of carbonyl (C=O) groups is 2. The number of amides is 1. The molecule has 1 heterocycles. The summed E-state index contributed by atoms with van der Waals surface area (Å²) < 4.78 is 0. The van der Waals surface area contributed by atoms with Gasteiger partial charge in [-0.2, -0.15) is 0 Å². The summed E-state index contributed by atoms with van der Waals surface area (Å²) >= 11 is 5.96. The summed E-state index contributed by atoms with van der Waals surface area (Å²) in [5.41, 5.74) is 0.0556. The van der Waals surface area contributed by atoms with Crippen LogP contribution in [0.4, 0.5) is 0 Å². The molecular formula is C13H18ClN3O3. The SMILES string of the molecule is CCCN(CC(=O)O)C(=O)c1nc(C(C)C)ncc1Cl. The first-order valence-corrected chi connectivity index (χ1v) is 6.78. The van der Waals surface area contributed by atoms with Gasteiger partial charge in [0.05, 0.1) is 11.2 Å². The molecule has 6 nitrogen and oxygen atoms in total. The van der Waals surface area contributed by atoms with Crippen LogP contribution in [-0.4, -0.2) is 44.9 Å². The van der Waals surface area contributed by atoms with E-state index in [9.17, 15) is 9.59 Å². The van der Waals surface area contributed by atoms with Crippen LogP contribution in [0.5, 0.6) is 0 Å². The quantitative estimate of drug-likeness (QED) is 0.870. The van der Waals surface area contributed by atoms with Crippen LogP contribution >= 0.6 is 11.6 Å². The monoisotopic (exact) mass is 299 g/mol. The van der Waals surface area contributed by atoms with Crippen molar-refractivity contribution in [2.24, 2.45) is 0 Å². The molecule has 0 aliphatic carbocycles. The summed E-state index contributed by atoms with van der Waals surface area (Å²) in [5, 5.41) is 8.99. The average Bonchev–Trinajstić information content (AvgIpc) is 2.37. The molecule has 0 radical (unpaired) electrons. The van der Waals surface area contributed by atoms with Crippen LogP contribution in [0.2, 0.25) is 5.02 Å². The Bertz CT molecular complexity index is 506. The molecule has 0 aliphatic rings. The normalized spacial score (nSPS) is 10.7. The van der Waals surface area contributed by atoms with E-state index >= 15 is 0 Å². The van der Waals surface area contributed by atoms with E-state index in [4.69, 9.17) is 16.7 Å². The molecule has 0 bridgehead atoms. The Kier molecular flexibility index (Phi) is 5.88. The topological polar surface area (TPSA) is 83.4 Å². The number of carboxylic acid groups (broad SMARTS) is 1. The molecule has 110 valence electrons. The van der Waals surface area contributed by atoms with Crippen molar-refractivity contribution in [2.45, 2.75) is 33.1 Å². The Hall–Kier alpha value is -1.69. The molecule has 20 heavy (non-hydrogen) atoms. The maximum atomic E-state index is 12.4. The van der Waals surface area contributed by atoms with Gasteiger partial charge in [0.1, 0.15) is 12.4 Å². The first-order chi connectivity index (χ1) is 9.36. The zero-order valence-corrected chi connectivity index (χ0v) is 12.5. The summed E-state index contributed by atoms with van der Waals surface area (Å²) in [5.74, 6) is -0.993. The van der Waals surface area contributed by atoms with E-state index in [-0.39, 0.29) is 23.2 Å². The van der Waals surface area contributed by atoms with Crippen LogP contribution in [0.15, 0.2) is 6.20 Å². The van der Waals surface area contributed by atoms with Gasteiger partial charge < -0.3 is 10.0 Å². The third-order valence-electron chi connectivity index (χ3n) is 2.59. The lowest BCUT2D eigenvalue weighted by molar-refractivity contribution is -0.137. The first-order valence-electron chi connectivity index (χ1n) is 6.40. The van der Waals surface area contributed by atoms with Crippen molar-refractivity contribution in [1.82, 2.24) is 14.9 Å². The molecule has 1 N–H and O–H groups in total. The Balaban J connectivity index is 3.09. The molecule has 0 saturated carbocycles. The van der Waals surface area contributed by atoms with Gasteiger partial charge in [-0.25, -0.2) is 9.97 Å². The van der Waals surface area contributed by atoms with Crippen molar-refractivity contribution in [2.75, 3.05) is 13.1 Å². The summed E-state index contributed by atoms with van der Waals surface area (Å²) in [6.07, 6.45) is 2.03. The molecule has 0 aromatic carbocycles. The minimum Gasteiger partial charge on any atom is -0.480 e. The van der Waals surface area contributed by atoms with Crippen molar-refractivity contribution >= 4 is 23.5 Å². The van der Waals surface area contributed by atoms with Gasteiger partial charge in [-0.3, -0.25) is 9.59 Å². The number of nitrogens with zero attached hydrogens (tertiary/aromatic N) is 3. The molecular weight excluding hydrogens is 282 g/mol. The summed E-state index contributed by atoms with van der Waals surface area (Å²) in [7, 11) is 0. The largest absolute Gasteiger partial charge is 0.480 e. The molecule has 0 aliphatic heterocycles. The molecule has 0 saturated heterocycles. The Morgan fingerprint density at radius 1 is 1.45 bits per heavy atom. The van der Waals surface area contributed by atoms with E-state index in [1.54, 1.807) is 0 Å². The predicted octanol–water partition coefficient (Wildman–Crippen LogP) is 2.19. The van der Waals surface area contributed by atoms with Gasteiger partial charge in [0, 0.05) is 12.5 Å². The first kappa shape index (κ1) is 16.4. The molecule has 1 aromatic rings. The van der Waals surface area contributed by atoms with Crippen LogP contribution in [0.25, 0.3) is 0 Å². The zero-order valence-electron chi connectivity index (χ0n) is 11.8. The maximum Gasteiger partial charge on any atom is 0.323 e. The van der Waals surface area contributed by atoms with Crippen molar-refractivity contribution < 1.29 is 14.7 Å². The fourth-order valence-corrected chi connectivity index (χ4v) is 1.82. The lowest BCUT2D eigenvalue weighted by Gasteiger charge is -2.20. The highest BCUT2D eigenvalue weighted by atomic mass is 35.5. The third kappa shape index (κ3) is 4.16. The fourth-order valence-electron chi connectivity index (χ4n) is 1.64. The molecule has 7 heteroatoms. The number of carbonyl (C=O) groups excluding carboxylic acids is 1. The highest BCUT2D eigenvalue weighted by Crippen LogP contribution is 2.18. The van der Waals surface area contributed by atoms with E-state index in [1.807, 2.05) is 20.8 Å². The predicted molar refractivity (Wildman–Crippen MR) is 75.0 cm³/mol. The second-order valence-electron chi connectivity index (χ2n) is 4.70. The molecule has 0 atom stereocenters. The second kappa shape index (κ2) is 7.19. The van der Waals surface area contributed by atoms with Gasteiger partial charge >= 0.3 is 5.97 Å². The summed E-state index contributed by atoms with van der Waals surface area (Å²) in [6.45, 7) is 5.63. The van der Waals surface area contributed by atoms with Gasteiger partial charge in [-0.1, -0.05) is 32.4 Å². The lowest BCUT2D eigenvalue weighted by atomic mass is 10.2. The molecule has 0 unspecified atom stereocenters. The fraction of sp³-hybridized carbons (Fsp3) is 0.538. The minimum absolute atomic E-state index is 0.0536. The van der Waals surface area contributed by atoms with E-state index in [1.165, 1.54) is 11.1 Å². The molecule has 1 amide bonds. The number of halogens is 1. The maximum absolute atomic E-state index is 12.4. The molecule has 1 rings (SSSR count). The number of rotatable bonds is 6. The number of aliphatic carboxylic acids is 1. The highest BCUT2D eigenvalue weighted by molar-refractivity contribution is 6.33. The number of carboxylic acids is 1. The van der Waals surface area contributed by atoms with Crippen LogP contribution < -0.4 is 0 Å². The van der Waals surface area contributed by atoms with Crippen molar-refractivity contribution in [3.63, 3.8) is 0 Å². The number of hydrogen-bond acceptors (Lipinski definition) is 4. The van der Waals surface area contributed by atoms with Gasteiger partial charge in [-0.15, -0.1) is 0 Å². The van der Waals surface area contributed by atoms with Gasteiger partial charge in [0.15, 0.2) is 5.69 Å². The van der Waals surface area contributed by atoms with Crippen molar-refractivity contribution in [3.05, 3.63) is 22.7 Å². The Morgan fingerprint density at radius 3 is 2.60 bits per heavy atom. The molecule has 0 fully saturated rings. The number of aromatic nitrogens is 2. The number of hydrogen-bond donors (Lipinski definition) is 1. The van der Waals surface area contributed by atoms with Crippen LogP contribution in [0.1, 0.15) is 49.4 Å². The minimum atomic E-state index is -1.07. The van der Waals surface area contributed by atoms with Crippen molar-refractivity contribution in [1.29, 1.82) is 0 Å². The van der Waals surface area contributed by atoms with E-state index in [0.717, 1.165) is 0 Å². The highest BCUT2D eigenvalue weighted by Gasteiger charge is 2.22. The third-order valence-corrected chi connectivity index (χ3v) is 2.87. The van der Waals surface area contributed by atoms with Gasteiger partial charge in [-0.05, 0) is 6.42 Å². The lowest BCUT2D eigenvalue weighted by Crippen LogP contribution is -2.37. The zero-order chi connectivity index (χ0) is 15.3. The van der Waals surface area contributed by atoms with Crippen LogP contribution in [0.3, 0.4) is 0 Å². The van der Waals surface area contributed by atoms with Gasteiger partial charge in [0.2, 0.25) is 0 Å².